The van der Waals surface area contributed by atoms with Gasteiger partial charge in [-0.3, -0.25) is 20.8 Å². The molecule has 0 aliphatic heterocycles. The van der Waals surface area contributed by atoms with Crippen molar-refractivity contribution in [2.45, 2.75) is 18.8 Å². The average molecular weight is 330 g/mol. The molecule has 2 heterocycles. The Morgan fingerprint density at radius 3 is 2.70 bits per heavy atom. The van der Waals surface area contributed by atoms with Crippen LogP contribution in [0.1, 0.15) is 24.5 Å². The topological polar surface area (TPSA) is 76.7 Å². The quantitative estimate of drug-likeness (QED) is 0.429. The van der Waals surface area contributed by atoms with Gasteiger partial charge in [0.05, 0.1) is 21.2 Å². The number of hydrazine groups is 1. The number of hydrogen-bond acceptors (Lipinski definition) is 5. The summed E-state index contributed by atoms with van der Waals surface area (Å²) in [5.41, 5.74) is 7.28. The fourth-order valence-electron chi connectivity index (χ4n) is 2.47. The van der Waals surface area contributed by atoms with Crippen molar-refractivity contribution in [3.05, 3.63) is 34.7 Å². The molecule has 1 aromatic carbocycles. The highest BCUT2D eigenvalue weighted by molar-refractivity contribution is 9.10. The van der Waals surface area contributed by atoms with E-state index in [1.54, 1.807) is 12.4 Å². The van der Waals surface area contributed by atoms with Crippen molar-refractivity contribution in [1.82, 2.24) is 15.0 Å². The van der Waals surface area contributed by atoms with Gasteiger partial charge < -0.3 is 5.43 Å². The molecule has 0 amide bonds. The molecule has 1 fully saturated rings. The Morgan fingerprint density at radius 2 is 1.95 bits per heavy atom. The first kappa shape index (κ1) is 12.0. The van der Waals surface area contributed by atoms with Crippen LogP contribution in [0, 0.1) is 0 Å². The summed E-state index contributed by atoms with van der Waals surface area (Å²) in [5, 5.41) is 0.955. The molecule has 0 radical (unpaired) electrons. The maximum Gasteiger partial charge on any atom is 0.105 e. The maximum atomic E-state index is 5.67. The predicted molar refractivity (Wildman–Crippen MR) is 82.3 cm³/mol. The van der Waals surface area contributed by atoms with Gasteiger partial charge in [0, 0.05) is 29.4 Å². The van der Waals surface area contributed by atoms with Crippen LogP contribution in [0.2, 0.25) is 0 Å². The van der Waals surface area contributed by atoms with Gasteiger partial charge in [0.1, 0.15) is 5.52 Å². The molecule has 0 unspecified atom stereocenters. The highest BCUT2D eigenvalue weighted by Crippen LogP contribution is 2.42. The van der Waals surface area contributed by atoms with Crippen LogP contribution in [0.3, 0.4) is 0 Å². The van der Waals surface area contributed by atoms with Crippen LogP contribution in [0.5, 0.6) is 0 Å². The van der Waals surface area contributed by atoms with Crippen LogP contribution >= 0.6 is 15.9 Å². The van der Waals surface area contributed by atoms with Gasteiger partial charge in [0.15, 0.2) is 0 Å². The second kappa shape index (κ2) is 4.36. The summed E-state index contributed by atoms with van der Waals surface area (Å²) < 4.78 is 0.872. The molecule has 5 nitrogen and oxygen atoms in total. The summed E-state index contributed by atoms with van der Waals surface area (Å²) in [6.45, 7) is 0. The molecule has 3 N–H and O–H groups in total. The van der Waals surface area contributed by atoms with Crippen molar-refractivity contribution < 1.29 is 0 Å². The molecule has 3 aromatic rings. The van der Waals surface area contributed by atoms with Gasteiger partial charge in [-0.2, -0.15) is 0 Å². The number of hydrogen-bond donors (Lipinski definition) is 2. The summed E-state index contributed by atoms with van der Waals surface area (Å²) in [6.07, 6.45) is 5.77. The van der Waals surface area contributed by atoms with Crippen LogP contribution in [0.4, 0.5) is 5.69 Å². The van der Waals surface area contributed by atoms with Gasteiger partial charge in [-0.1, -0.05) is 0 Å². The van der Waals surface area contributed by atoms with E-state index in [2.05, 4.69) is 31.3 Å². The first-order valence-electron chi connectivity index (χ1n) is 6.48. The second-order valence-corrected chi connectivity index (χ2v) is 5.82. The highest BCUT2D eigenvalue weighted by Gasteiger charge is 2.26. The molecule has 6 heteroatoms. The minimum absolute atomic E-state index is 0.566. The van der Waals surface area contributed by atoms with E-state index in [-0.39, 0.29) is 0 Å². The Labute approximate surface area is 123 Å². The zero-order valence-corrected chi connectivity index (χ0v) is 12.2. The Kier molecular flexibility index (Phi) is 2.61. The van der Waals surface area contributed by atoms with E-state index in [4.69, 9.17) is 10.8 Å². The number of halogens is 1. The molecule has 1 aliphatic carbocycles. The van der Waals surface area contributed by atoms with E-state index in [0.717, 1.165) is 37.8 Å². The minimum atomic E-state index is 0.566. The molecule has 2 aromatic heterocycles. The summed E-state index contributed by atoms with van der Waals surface area (Å²) in [6, 6.07) is 4.01. The van der Waals surface area contributed by atoms with Crippen molar-refractivity contribution in [2.75, 3.05) is 5.43 Å². The lowest BCUT2D eigenvalue weighted by molar-refractivity contribution is 1.04. The predicted octanol–water partition coefficient (Wildman–Crippen LogP) is 3.10. The minimum Gasteiger partial charge on any atom is -0.323 e. The smallest absolute Gasteiger partial charge is 0.105 e. The number of benzene rings is 1. The molecule has 0 saturated heterocycles. The average Bonchev–Trinajstić information content (AvgIpc) is 3.31. The van der Waals surface area contributed by atoms with Crippen molar-refractivity contribution in [2.24, 2.45) is 5.84 Å². The van der Waals surface area contributed by atoms with E-state index in [9.17, 15) is 0 Å². The molecule has 0 spiro atoms. The van der Waals surface area contributed by atoms with Gasteiger partial charge in [0.2, 0.25) is 0 Å². The molecular weight excluding hydrogens is 318 g/mol. The monoisotopic (exact) mass is 329 g/mol. The van der Waals surface area contributed by atoms with Gasteiger partial charge in [0.25, 0.3) is 0 Å². The first-order chi connectivity index (χ1) is 9.78. The van der Waals surface area contributed by atoms with Gasteiger partial charge in [-0.25, -0.2) is 0 Å². The van der Waals surface area contributed by atoms with Crippen molar-refractivity contribution >= 4 is 43.6 Å². The summed E-state index contributed by atoms with van der Waals surface area (Å²) in [5.74, 6) is 6.24. The van der Waals surface area contributed by atoms with Gasteiger partial charge in [-0.05, 0) is 40.9 Å². The van der Waals surface area contributed by atoms with E-state index in [1.807, 2.05) is 12.1 Å². The number of fused-ring (bicyclic) bond motifs is 2. The van der Waals surface area contributed by atoms with E-state index in [1.165, 1.54) is 12.8 Å². The molecule has 0 bridgehead atoms. The molecule has 100 valence electrons. The lowest BCUT2D eigenvalue weighted by Gasteiger charge is -2.11. The van der Waals surface area contributed by atoms with E-state index >= 15 is 0 Å². The van der Waals surface area contributed by atoms with Crippen LogP contribution in [-0.2, 0) is 0 Å². The fraction of sp³-hybridized carbons (Fsp3) is 0.214. The molecule has 1 saturated carbocycles. The third kappa shape index (κ3) is 1.76. The standard InChI is InChI=1S/C14H12BrN5/c15-12-13-8(5-11-14(12)18-4-3-17-11)10(20-16)6-9(19-13)7-1-2-7/h3-7H,1-2,16H2,(H,19,20). The number of aromatic nitrogens is 3. The Morgan fingerprint density at radius 1 is 1.15 bits per heavy atom. The van der Waals surface area contributed by atoms with Crippen LogP contribution in [0.25, 0.3) is 21.9 Å². The molecule has 4 rings (SSSR count). The van der Waals surface area contributed by atoms with Crippen LogP contribution in [-0.4, -0.2) is 15.0 Å². The normalized spacial score (nSPS) is 14.9. The van der Waals surface area contributed by atoms with Crippen LogP contribution in [0.15, 0.2) is 29.0 Å². The lowest BCUT2D eigenvalue weighted by atomic mass is 10.1. The highest BCUT2D eigenvalue weighted by atomic mass is 79.9. The summed E-state index contributed by atoms with van der Waals surface area (Å²) in [7, 11) is 0. The van der Waals surface area contributed by atoms with Crippen LogP contribution < -0.4 is 11.3 Å². The number of nitrogens with zero attached hydrogens (tertiary/aromatic N) is 3. The van der Waals surface area contributed by atoms with Crippen molar-refractivity contribution in [3.63, 3.8) is 0 Å². The summed E-state index contributed by atoms with van der Waals surface area (Å²) in [4.78, 5) is 13.5. The third-order valence-corrected chi connectivity index (χ3v) is 4.40. The number of nitrogens with one attached hydrogen (secondary N) is 1. The van der Waals surface area contributed by atoms with Gasteiger partial charge >= 0.3 is 0 Å². The zero-order chi connectivity index (χ0) is 13.7. The molecule has 0 atom stereocenters. The number of pyridine rings is 1. The zero-order valence-electron chi connectivity index (χ0n) is 10.6. The fourth-order valence-corrected chi connectivity index (χ4v) is 3.08. The van der Waals surface area contributed by atoms with E-state index < -0.39 is 0 Å². The number of rotatable bonds is 2. The number of anilines is 1. The van der Waals surface area contributed by atoms with E-state index in [0.29, 0.717) is 5.92 Å². The Hall–Kier alpha value is -1.79. The Bertz CT molecular complexity index is 829. The Balaban J connectivity index is 2.13. The lowest BCUT2D eigenvalue weighted by Crippen LogP contribution is -2.08. The SMILES string of the molecule is NNc1cc(C2CC2)nc2c(Br)c3nccnc3cc12. The number of nitrogen functional groups attached to an aromatic ring is 1. The third-order valence-electron chi connectivity index (χ3n) is 3.65. The maximum absolute atomic E-state index is 5.67. The van der Waals surface area contributed by atoms with Crippen molar-refractivity contribution in [3.8, 4) is 0 Å². The van der Waals surface area contributed by atoms with Crippen molar-refractivity contribution in [1.29, 1.82) is 0 Å². The summed E-state index contributed by atoms with van der Waals surface area (Å²) >= 11 is 3.62. The molecular formula is C14H12BrN5. The second-order valence-electron chi connectivity index (χ2n) is 5.02. The number of nitrogens with two attached hydrogens (primary N) is 1. The van der Waals surface area contributed by atoms with Gasteiger partial charge in [-0.15, -0.1) is 0 Å². The first-order valence-corrected chi connectivity index (χ1v) is 7.27. The molecule has 20 heavy (non-hydrogen) atoms. The largest absolute Gasteiger partial charge is 0.323 e. The molecule has 1 aliphatic rings.